The summed E-state index contributed by atoms with van der Waals surface area (Å²) >= 11 is 0. The standard InChI is InChI=1S/C19H20N4O4/c1-3-22(13-12-14(2)19(24)25)17-8-4-15(5-9-17)20-21-16-6-10-18(11-7-16)23(26)27/h4-11H,2-3,12-13H2,1H3,(H,24,25). The average molecular weight is 368 g/mol. The van der Waals surface area contributed by atoms with E-state index in [-0.39, 0.29) is 11.3 Å². The Morgan fingerprint density at radius 2 is 1.63 bits per heavy atom. The monoisotopic (exact) mass is 368 g/mol. The Labute approximate surface area is 156 Å². The second-order valence-electron chi connectivity index (χ2n) is 5.73. The number of nitro groups is 1. The van der Waals surface area contributed by atoms with E-state index < -0.39 is 10.9 Å². The Kier molecular flexibility index (Phi) is 6.76. The summed E-state index contributed by atoms with van der Waals surface area (Å²) in [6.07, 6.45) is 0.380. The Balaban J connectivity index is 2.01. The Bertz CT molecular complexity index is 845. The maximum Gasteiger partial charge on any atom is 0.331 e. The summed E-state index contributed by atoms with van der Waals surface area (Å²) in [5.74, 6) is -0.979. The Morgan fingerprint density at radius 1 is 1.11 bits per heavy atom. The molecule has 0 heterocycles. The molecule has 27 heavy (non-hydrogen) atoms. The molecule has 0 radical (unpaired) electrons. The van der Waals surface area contributed by atoms with Gasteiger partial charge in [0.25, 0.3) is 5.69 Å². The summed E-state index contributed by atoms with van der Waals surface area (Å²) in [4.78, 5) is 23.1. The zero-order chi connectivity index (χ0) is 19.8. The number of hydrogen-bond donors (Lipinski definition) is 1. The lowest BCUT2D eigenvalue weighted by Crippen LogP contribution is -2.24. The maximum atomic E-state index is 10.8. The van der Waals surface area contributed by atoms with E-state index in [1.54, 1.807) is 12.1 Å². The quantitative estimate of drug-likeness (QED) is 0.294. The van der Waals surface area contributed by atoms with Crippen LogP contribution in [0.15, 0.2) is 70.9 Å². The first kappa shape index (κ1) is 19.8. The van der Waals surface area contributed by atoms with Crippen molar-refractivity contribution in [2.75, 3.05) is 18.0 Å². The minimum absolute atomic E-state index is 0.00328. The third-order valence-corrected chi connectivity index (χ3v) is 3.92. The molecule has 8 heteroatoms. The van der Waals surface area contributed by atoms with E-state index in [2.05, 4.69) is 16.8 Å². The first-order chi connectivity index (χ1) is 12.9. The van der Waals surface area contributed by atoms with Crippen LogP contribution in [0, 0.1) is 10.1 Å². The van der Waals surface area contributed by atoms with E-state index in [4.69, 9.17) is 5.11 Å². The summed E-state index contributed by atoms with van der Waals surface area (Å²) in [6.45, 7) is 6.83. The van der Waals surface area contributed by atoms with E-state index in [1.165, 1.54) is 24.3 Å². The lowest BCUT2D eigenvalue weighted by atomic mass is 10.2. The van der Waals surface area contributed by atoms with Gasteiger partial charge in [0.15, 0.2) is 0 Å². The van der Waals surface area contributed by atoms with Crippen LogP contribution >= 0.6 is 0 Å². The second-order valence-corrected chi connectivity index (χ2v) is 5.73. The summed E-state index contributed by atoms with van der Waals surface area (Å²) in [5.41, 5.74) is 2.30. The third-order valence-electron chi connectivity index (χ3n) is 3.92. The van der Waals surface area contributed by atoms with Gasteiger partial charge in [-0.2, -0.15) is 10.2 Å². The lowest BCUT2D eigenvalue weighted by molar-refractivity contribution is -0.384. The molecule has 0 unspecified atom stereocenters. The van der Waals surface area contributed by atoms with Gasteiger partial charge in [-0.15, -0.1) is 0 Å². The minimum atomic E-state index is -0.979. The van der Waals surface area contributed by atoms with Gasteiger partial charge in [0, 0.05) is 36.5 Å². The van der Waals surface area contributed by atoms with Crippen molar-refractivity contribution < 1.29 is 14.8 Å². The molecule has 0 amide bonds. The fraction of sp³-hybridized carbons (Fsp3) is 0.211. The van der Waals surface area contributed by atoms with Crippen LogP contribution < -0.4 is 4.90 Å². The van der Waals surface area contributed by atoms with Crippen LogP contribution in [0.2, 0.25) is 0 Å². The predicted molar refractivity (Wildman–Crippen MR) is 103 cm³/mol. The summed E-state index contributed by atoms with van der Waals surface area (Å²) in [7, 11) is 0. The van der Waals surface area contributed by atoms with Crippen LogP contribution in [-0.4, -0.2) is 29.1 Å². The Morgan fingerprint density at radius 3 is 2.07 bits per heavy atom. The molecule has 0 bridgehead atoms. The first-order valence-electron chi connectivity index (χ1n) is 8.33. The number of non-ortho nitro benzene ring substituents is 1. The van der Waals surface area contributed by atoms with Gasteiger partial charge in [0.2, 0.25) is 0 Å². The molecule has 2 aromatic rings. The fourth-order valence-corrected chi connectivity index (χ4v) is 2.33. The van der Waals surface area contributed by atoms with Crippen molar-refractivity contribution in [3.05, 3.63) is 70.8 Å². The Hall–Kier alpha value is -3.55. The molecule has 0 aliphatic rings. The number of anilines is 1. The minimum Gasteiger partial charge on any atom is -0.478 e. The van der Waals surface area contributed by atoms with Crippen LogP contribution in [0.1, 0.15) is 13.3 Å². The van der Waals surface area contributed by atoms with Gasteiger partial charge >= 0.3 is 5.97 Å². The van der Waals surface area contributed by atoms with Crippen molar-refractivity contribution in [3.63, 3.8) is 0 Å². The number of aliphatic carboxylic acids is 1. The first-order valence-corrected chi connectivity index (χ1v) is 8.33. The van der Waals surface area contributed by atoms with Crippen molar-refractivity contribution in [2.45, 2.75) is 13.3 Å². The largest absolute Gasteiger partial charge is 0.478 e. The van der Waals surface area contributed by atoms with Gasteiger partial charge in [0.05, 0.1) is 16.3 Å². The molecular weight excluding hydrogens is 348 g/mol. The van der Waals surface area contributed by atoms with Crippen molar-refractivity contribution in [1.29, 1.82) is 0 Å². The third kappa shape index (κ3) is 5.74. The molecule has 1 N–H and O–H groups in total. The molecule has 0 aliphatic heterocycles. The van der Waals surface area contributed by atoms with Gasteiger partial charge in [-0.3, -0.25) is 10.1 Å². The zero-order valence-electron chi connectivity index (χ0n) is 14.9. The highest BCUT2D eigenvalue weighted by Gasteiger charge is 2.09. The lowest BCUT2D eigenvalue weighted by Gasteiger charge is -2.23. The molecule has 0 spiro atoms. The van der Waals surface area contributed by atoms with Crippen molar-refractivity contribution in [1.82, 2.24) is 0 Å². The van der Waals surface area contributed by atoms with Crippen LogP contribution in [0.4, 0.5) is 22.7 Å². The number of carbonyl (C=O) groups is 1. The molecule has 0 atom stereocenters. The molecule has 0 fully saturated rings. The summed E-state index contributed by atoms with van der Waals surface area (Å²) in [6, 6.07) is 13.2. The molecule has 0 aliphatic carbocycles. The smallest absolute Gasteiger partial charge is 0.331 e. The van der Waals surface area contributed by atoms with Crippen LogP contribution in [-0.2, 0) is 4.79 Å². The van der Waals surface area contributed by atoms with Gasteiger partial charge in [-0.1, -0.05) is 6.58 Å². The van der Waals surface area contributed by atoms with Crippen molar-refractivity contribution >= 4 is 28.7 Å². The van der Waals surface area contributed by atoms with E-state index >= 15 is 0 Å². The van der Waals surface area contributed by atoms with Crippen molar-refractivity contribution in [2.24, 2.45) is 10.2 Å². The SMILES string of the molecule is C=C(CCN(CC)c1ccc(N=Nc2ccc([N+](=O)[O-])cc2)cc1)C(=O)O. The molecule has 140 valence electrons. The number of nitrogens with zero attached hydrogens (tertiary/aromatic N) is 4. The van der Waals surface area contributed by atoms with Gasteiger partial charge in [-0.25, -0.2) is 4.79 Å². The predicted octanol–water partition coefficient (Wildman–Crippen LogP) is 4.87. The van der Waals surface area contributed by atoms with E-state index in [0.717, 1.165) is 12.2 Å². The molecule has 0 aromatic heterocycles. The van der Waals surface area contributed by atoms with Crippen LogP contribution in [0.5, 0.6) is 0 Å². The molecule has 0 saturated heterocycles. The number of rotatable bonds is 9. The highest BCUT2D eigenvalue weighted by molar-refractivity contribution is 5.85. The van der Waals surface area contributed by atoms with Gasteiger partial charge in [-0.05, 0) is 49.7 Å². The fourth-order valence-electron chi connectivity index (χ4n) is 2.33. The molecular formula is C19H20N4O4. The number of benzene rings is 2. The normalized spacial score (nSPS) is 10.7. The van der Waals surface area contributed by atoms with Crippen LogP contribution in [0.3, 0.4) is 0 Å². The number of azo groups is 1. The molecule has 8 nitrogen and oxygen atoms in total. The zero-order valence-corrected chi connectivity index (χ0v) is 14.9. The van der Waals surface area contributed by atoms with Gasteiger partial charge in [0.1, 0.15) is 0 Å². The number of nitro benzene ring substituents is 1. The highest BCUT2D eigenvalue weighted by atomic mass is 16.6. The number of carboxylic acids is 1. The summed E-state index contributed by atoms with van der Waals surface area (Å²) < 4.78 is 0. The van der Waals surface area contributed by atoms with E-state index in [0.29, 0.717) is 24.3 Å². The van der Waals surface area contributed by atoms with E-state index in [1.807, 2.05) is 24.0 Å². The topological polar surface area (TPSA) is 108 Å². The van der Waals surface area contributed by atoms with Crippen molar-refractivity contribution in [3.8, 4) is 0 Å². The number of carboxylic acid groups (broad SMARTS) is 1. The summed E-state index contributed by atoms with van der Waals surface area (Å²) in [5, 5.41) is 27.7. The van der Waals surface area contributed by atoms with Crippen LogP contribution in [0.25, 0.3) is 0 Å². The number of hydrogen-bond acceptors (Lipinski definition) is 6. The molecule has 2 aromatic carbocycles. The highest BCUT2D eigenvalue weighted by Crippen LogP contribution is 2.24. The second kappa shape index (κ2) is 9.23. The van der Waals surface area contributed by atoms with E-state index in [9.17, 15) is 14.9 Å². The average Bonchev–Trinajstić information content (AvgIpc) is 2.67. The molecule has 0 saturated carbocycles. The molecule has 2 rings (SSSR count). The van der Waals surface area contributed by atoms with Gasteiger partial charge < -0.3 is 10.0 Å². The maximum absolute atomic E-state index is 10.8.